The number of rotatable bonds is 9. The van der Waals surface area contributed by atoms with E-state index in [-0.39, 0.29) is 48.2 Å². The van der Waals surface area contributed by atoms with Crippen LogP contribution in [-0.2, 0) is 14.3 Å². The van der Waals surface area contributed by atoms with Crippen LogP contribution in [0.15, 0.2) is 24.3 Å². The molecule has 1 aromatic carbocycles. The van der Waals surface area contributed by atoms with E-state index in [1.54, 1.807) is 0 Å². The quantitative estimate of drug-likeness (QED) is 0.606. The SMILES string of the molecule is CCC(=O)[C@H](NC(=O)c1cccc(C2CCCN(C(=O)COC3CC3)C2)c1)C1CCCCC1. The molecule has 1 unspecified atom stereocenters. The number of likely N-dealkylation sites (tertiary alicyclic amines) is 1. The van der Waals surface area contributed by atoms with Gasteiger partial charge in [0.15, 0.2) is 5.78 Å². The van der Waals surface area contributed by atoms with Crippen LogP contribution < -0.4 is 5.32 Å². The van der Waals surface area contributed by atoms with Crippen molar-refractivity contribution in [1.29, 1.82) is 0 Å². The molecule has 1 N–H and O–H groups in total. The number of amides is 2. The molecule has 2 aliphatic carbocycles. The summed E-state index contributed by atoms with van der Waals surface area (Å²) in [7, 11) is 0. The Morgan fingerprint density at radius 2 is 1.85 bits per heavy atom. The molecule has 6 heteroatoms. The van der Waals surface area contributed by atoms with Crippen LogP contribution in [0, 0.1) is 5.92 Å². The van der Waals surface area contributed by atoms with Crippen molar-refractivity contribution in [3.63, 3.8) is 0 Å². The van der Waals surface area contributed by atoms with E-state index in [4.69, 9.17) is 4.74 Å². The van der Waals surface area contributed by atoms with Crippen molar-refractivity contribution < 1.29 is 19.1 Å². The predicted molar refractivity (Wildman–Crippen MR) is 127 cm³/mol. The Balaban J connectivity index is 1.40. The summed E-state index contributed by atoms with van der Waals surface area (Å²) in [5.41, 5.74) is 1.68. The number of nitrogens with one attached hydrogen (secondary N) is 1. The van der Waals surface area contributed by atoms with Gasteiger partial charge in [0.2, 0.25) is 5.91 Å². The van der Waals surface area contributed by atoms with E-state index in [2.05, 4.69) is 5.32 Å². The van der Waals surface area contributed by atoms with Gasteiger partial charge in [-0.3, -0.25) is 14.4 Å². The lowest BCUT2D eigenvalue weighted by molar-refractivity contribution is -0.137. The zero-order valence-electron chi connectivity index (χ0n) is 19.9. The van der Waals surface area contributed by atoms with Crippen LogP contribution in [0.25, 0.3) is 0 Å². The molecule has 1 aromatic rings. The maximum Gasteiger partial charge on any atom is 0.251 e. The van der Waals surface area contributed by atoms with Crippen LogP contribution in [0.4, 0.5) is 0 Å². The molecule has 0 spiro atoms. The van der Waals surface area contributed by atoms with Gasteiger partial charge in [0, 0.05) is 31.0 Å². The van der Waals surface area contributed by atoms with Crippen molar-refractivity contribution in [3.8, 4) is 0 Å². The summed E-state index contributed by atoms with van der Waals surface area (Å²) in [6, 6.07) is 7.34. The molecule has 2 saturated carbocycles. The summed E-state index contributed by atoms with van der Waals surface area (Å²) < 4.78 is 5.60. The molecule has 2 amide bonds. The molecule has 1 heterocycles. The molecule has 3 fully saturated rings. The summed E-state index contributed by atoms with van der Waals surface area (Å²) >= 11 is 0. The largest absolute Gasteiger partial charge is 0.368 e. The van der Waals surface area contributed by atoms with E-state index in [9.17, 15) is 14.4 Å². The second-order valence-electron chi connectivity index (χ2n) is 9.98. The Hall–Kier alpha value is -2.21. The van der Waals surface area contributed by atoms with Crippen LogP contribution in [0.1, 0.15) is 93.0 Å². The Morgan fingerprint density at radius 3 is 2.58 bits per heavy atom. The Bertz CT molecular complexity index is 844. The fourth-order valence-electron chi connectivity index (χ4n) is 5.30. The first kappa shape index (κ1) is 23.9. The first-order chi connectivity index (χ1) is 16.0. The Kier molecular flexibility index (Phi) is 8.18. The van der Waals surface area contributed by atoms with Crippen molar-refractivity contribution in [2.45, 2.75) is 89.2 Å². The molecule has 1 aliphatic heterocycles. The Labute approximate surface area is 197 Å². The minimum absolute atomic E-state index is 0.0638. The number of carbonyl (C=O) groups excluding carboxylic acids is 3. The van der Waals surface area contributed by atoms with Crippen molar-refractivity contribution >= 4 is 17.6 Å². The normalized spacial score (nSPS) is 22.6. The van der Waals surface area contributed by atoms with Gasteiger partial charge in [-0.05, 0) is 62.1 Å². The summed E-state index contributed by atoms with van der Waals surface area (Å²) in [5, 5.41) is 3.07. The number of benzene rings is 1. The van der Waals surface area contributed by atoms with Crippen molar-refractivity contribution in [2.24, 2.45) is 5.92 Å². The lowest BCUT2D eigenvalue weighted by Crippen LogP contribution is -2.46. The molecule has 4 rings (SSSR count). The van der Waals surface area contributed by atoms with E-state index < -0.39 is 0 Å². The molecular formula is C27H38N2O4. The first-order valence-electron chi connectivity index (χ1n) is 12.9. The highest BCUT2D eigenvalue weighted by atomic mass is 16.5. The third kappa shape index (κ3) is 6.44. The van der Waals surface area contributed by atoms with E-state index in [1.807, 2.05) is 36.1 Å². The molecule has 3 aliphatic rings. The zero-order valence-corrected chi connectivity index (χ0v) is 19.9. The molecule has 180 valence electrons. The van der Waals surface area contributed by atoms with Gasteiger partial charge < -0.3 is 15.0 Å². The number of Topliss-reactive ketones (excluding diaryl/α,β-unsaturated/α-hetero) is 1. The molecule has 0 radical (unpaired) electrons. The maximum absolute atomic E-state index is 13.1. The van der Waals surface area contributed by atoms with Gasteiger partial charge in [0.25, 0.3) is 5.91 Å². The van der Waals surface area contributed by atoms with Gasteiger partial charge in [-0.15, -0.1) is 0 Å². The lowest BCUT2D eigenvalue weighted by atomic mass is 9.81. The van der Waals surface area contributed by atoms with Gasteiger partial charge in [0.1, 0.15) is 6.61 Å². The second kappa shape index (κ2) is 11.3. The van der Waals surface area contributed by atoms with Crippen LogP contribution in [-0.4, -0.2) is 54.3 Å². The average Bonchev–Trinajstić information content (AvgIpc) is 3.70. The van der Waals surface area contributed by atoms with Gasteiger partial charge >= 0.3 is 0 Å². The highest BCUT2D eigenvalue weighted by Gasteiger charge is 2.31. The fraction of sp³-hybridized carbons (Fsp3) is 0.667. The number of ketones is 1. The lowest BCUT2D eigenvalue weighted by Gasteiger charge is -2.33. The molecular weight excluding hydrogens is 416 g/mol. The molecule has 6 nitrogen and oxygen atoms in total. The van der Waals surface area contributed by atoms with E-state index in [1.165, 1.54) is 6.42 Å². The smallest absolute Gasteiger partial charge is 0.251 e. The number of hydrogen-bond donors (Lipinski definition) is 1. The van der Waals surface area contributed by atoms with E-state index in [0.717, 1.165) is 63.5 Å². The van der Waals surface area contributed by atoms with E-state index >= 15 is 0 Å². The van der Waals surface area contributed by atoms with Crippen LogP contribution >= 0.6 is 0 Å². The van der Waals surface area contributed by atoms with Gasteiger partial charge in [-0.1, -0.05) is 38.3 Å². The monoisotopic (exact) mass is 454 g/mol. The standard InChI is InChI=1S/C27H38N2O4/c1-2-24(30)26(19-8-4-3-5-9-19)28-27(32)21-11-6-10-20(16-21)22-12-7-15-29(17-22)25(31)18-33-23-13-14-23/h6,10-11,16,19,22-23,26H,2-5,7-9,12-15,17-18H2,1H3,(H,28,32)/t22?,26-/m1/s1. The zero-order chi connectivity index (χ0) is 23.2. The first-order valence-corrected chi connectivity index (χ1v) is 12.9. The number of piperidine rings is 1. The fourth-order valence-corrected chi connectivity index (χ4v) is 5.30. The summed E-state index contributed by atoms with van der Waals surface area (Å²) in [6.07, 6.45) is 10.3. The highest BCUT2D eigenvalue weighted by Crippen LogP contribution is 2.30. The minimum atomic E-state index is -0.388. The van der Waals surface area contributed by atoms with Gasteiger partial charge in [-0.2, -0.15) is 0 Å². The predicted octanol–water partition coefficient (Wildman–Crippen LogP) is 4.23. The summed E-state index contributed by atoms with van der Waals surface area (Å²) in [5.74, 6) is 0.475. The third-order valence-electron chi connectivity index (χ3n) is 7.46. The van der Waals surface area contributed by atoms with Gasteiger partial charge in [-0.25, -0.2) is 0 Å². The number of ether oxygens (including phenoxy) is 1. The van der Waals surface area contributed by atoms with Crippen LogP contribution in [0.5, 0.6) is 0 Å². The molecule has 0 bridgehead atoms. The molecule has 0 aromatic heterocycles. The van der Waals surface area contributed by atoms with E-state index in [0.29, 0.717) is 18.5 Å². The summed E-state index contributed by atoms with van der Waals surface area (Å²) in [6.45, 7) is 3.48. The topological polar surface area (TPSA) is 75.7 Å². The average molecular weight is 455 g/mol. The molecule has 33 heavy (non-hydrogen) atoms. The second-order valence-corrected chi connectivity index (χ2v) is 9.98. The minimum Gasteiger partial charge on any atom is -0.368 e. The molecule has 2 atom stereocenters. The van der Waals surface area contributed by atoms with Crippen molar-refractivity contribution in [1.82, 2.24) is 10.2 Å². The number of hydrogen-bond acceptors (Lipinski definition) is 4. The maximum atomic E-state index is 13.1. The number of carbonyl (C=O) groups is 3. The van der Waals surface area contributed by atoms with Crippen molar-refractivity contribution in [2.75, 3.05) is 19.7 Å². The highest BCUT2D eigenvalue weighted by molar-refractivity contribution is 5.98. The molecule has 1 saturated heterocycles. The van der Waals surface area contributed by atoms with Crippen LogP contribution in [0.3, 0.4) is 0 Å². The number of nitrogens with zero attached hydrogens (tertiary/aromatic N) is 1. The summed E-state index contributed by atoms with van der Waals surface area (Å²) in [4.78, 5) is 40.2. The van der Waals surface area contributed by atoms with Crippen LogP contribution in [0.2, 0.25) is 0 Å². The third-order valence-corrected chi connectivity index (χ3v) is 7.46. The van der Waals surface area contributed by atoms with Crippen molar-refractivity contribution in [3.05, 3.63) is 35.4 Å². The Morgan fingerprint density at radius 1 is 1.06 bits per heavy atom. The van der Waals surface area contributed by atoms with Gasteiger partial charge in [0.05, 0.1) is 12.1 Å².